The van der Waals surface area contributed by atoms with E-state index < -0.39 is 0 Å². The minimum atomic E-state index is 0.966. The first-order valence-electron chi connectivity index (χ1n) is 16.8. The van der Waals surface area contributed by atoms with Crippen LogP contribution in [0.4, 0.5) is 11.4 Å². The molecule has 6 heterocycles. The lowest BCUT2D eigenvalue weighted by atomic mass is 10.1. The largest absolute Gasteiger partial charge is 0.278 e. The Morgan fingerprint density at radius 3 is 1.21 bits per heavy atom. The van der Waals surface area contributed by atoms with Crippen molar-refractivity contribution in [2.24, 2.45) is 10.2 Å². The molecule has 0 spiro atoms. The van der Waals surface area contributed by atoms with E-state index in [1.54, 1.807) is 0 Å². The van der Waals surface area contributed by atoms with Gasteiger partial charge >= 0.3 is 0 Å². The molecule has 0 amide bonds. The summed E-state index contributed by atoms with van der Waals surface area (Å²) < 4.78 is 7.96. The van der Waals surface area contributed by atoms with Gasteiger partial charge in [-0.3, -0.25) is 10.9 Å². The van der Waals surface area contributed by atoms with Crippen LogP contribution in [0.1, 0.15) is 9.75 Å². The minimum Gasteiger partial charge on any atom is -0.278 e. The quantitative estimate of drug-likeness (QED) is 0.165. The van der Waals surface area contributed by atoms with Crippen molar-refractivity contribution < 1.29 is 0 Å². The molecular formula is C42H26N4S6. The third kappa shape index (κ3) is 5.01. The molecule has 0 aliphatic heterocycles. The van der Waals surface area contributed by atoms with Crippen LogP contribution in [0, 0.1) is 13.8 Å². The summed E-state index contributed by atoms with van der Waals surface area (Å²) in [5.74, 6) is 0. The number of thiophene rings is 6. The van der Waals surface area contributed by atoms with Crippen LogP contribution >= 0.6 is 68.0 Å². The van der Waals surface area contributed by atoms with Gasteiger partial charge in [-0.05, 0) is 86.6 Å². The van der Waals surface area contributed by atoms with E-state index in [4.69, 9.17) is 10.2 Å². The van der Waals surface area contributed by atoms with Crippen LogP contribution in [0.25, 0.3) is 80.0 Å². The third-order valence-corrected chi connectivity index (χ3v) is 16.6. The van der Waals surface area contributed by atoms with Crippen molar-refractivity contribution in [2.75, 3.05) is 10.9 Å². The second kappa shape index (κ2) is 11.9. The van der Waals surface area contributed by atoms with Crippen LogP contribution in [0.2, 0.25) is 0 Å². The molecule has 52 heavy (non-hydrogen) atoms. The van der Waals surface area contributed by atoms with Gasteiger partial charge in [-0.1, -0.05) is 36.4 Å². The van der Waals surface area contributed by atoms with Crippen molar-refractivity contribution in [3.8, 4) is 19.5 Å². The Labute approximate surface area is 321 Å². The Kier molecular flexibility index (Phi) is 7.09. The molecule has 0 aliphatic rings. The highest BCUT2D eigenvalue weighted by atomic mass is 32.1. The first kappa shape index (κ1) is 30.9. The minimum absolute atomic E-state index is 0.966. The average molecular weight is 779 g/mol. The standard InChI is InChI=1S/C42H26N4S6/c1-21-13-31-35(47-21)19-37(49-31)33-17-29-39(45-43-23-9-5-3-6-10-23)25-16-28-26(15-27(25)41(29)51-33)40(46-44-24-11-7-4-8-12-24)30-18-34(52-42(28)30)38-20-36-32(50-38)14-22(2)48-36/h3-20,43-44H,1-2H3/b45-39+,46-40+. The maximum Gasteiger partial charge on any atom is 0.0999 e. The second-order valence-electron chi connectivity index (χ2n) is 12.9. The zero-order valence-corrected chi connectivity index (χ0v) is 32.6. The van der Waals surface area contributed by atoms with E-state index in [9.17, 15) is 0 Å². The van der Waals surface area contributed by atoms with E-state index in [2.05, 4.69) is 97.5 Å². The van der Waals surface area contributed by atoms with Gasteiger partial charge in [0.1, 0.15) is 0 Å². The fraction of sp³-hybridized carbons (Fsp3) is 0.0476. The number of benzene rings is 3. The molecule has 0 bridgehead atoms. The first-order valence-corrected chi connectivity index (χ1v) is 21.7. The number of rotatable bonds is 6. The molecule has 5 aromatic carbocycles. The topological polar surface area (TPSA) is 48.8 Å². The fourth-order valence-electron chi connectivity index (χ4n) is 7.10. The van der Waals surface area contributed by atoms with Crippen molar-refractivity contribution in [3.63, 3.8) is 0 Å². The maximum absolute atomic E-state index is 5.12. The molecule has 6 aromatic heterocycles. The normalized spacial score (nSPS) is 13.0. The van der Waals surface area contributed by atoms with E-state index in [1.165, 1.54) is 79.0 Å². The summed E-state index contributed by atoms with van der Waals surface area (Å²) in [6, 6.07) is 39.2. The number of nitrogens with one attached hydrogen (secondary N) is 2. The molecule has 11 aromatic rings. The van der Waals surface area contributed by atoms with Crippen LogP contribution in [-0.2, 0) is 0 Å². The lowest BCUT2D eigenvalue weighted by Gasteiger charge is -2.00. The number of aryl methyl sites for hydroxylation is 2. The Hall–Kier alpha value is -4.68. The van der Waals surface area contributed by atoms with Crippen molar-refractivity contribution >= 4 is 140 Å². The summed E-state index contributed by atoms with van der Waals surface area (Å²) in [5.41, 5.74) is 8.70. The molecule has 0 saturated heterocycles. The third-order valence-electron chi connectivity index (χ3n) is 9.42. The summed E-state index contributed by atoms with van der Waals surface area (Å²) >= 11 is 11.2. The molecule has 0 atom stereocenters. The molecule has 0 fully saturated rings. The van der Waals surface area contributed by atoms with Crippen molar-refractivity contribution in [1.82, 2.24) is 0 Å². The van der Waals surface area contributed by atoms with E-state index in [0.717, 1.165) is 32.9 Å². The van der Waals surface area contributed by atoms with Gasteiger partial charge in [-0.15, -0.1) is 68.0 Å². The average Bonchev–Trinajstić information content (AvgIpc) is 4.00. The lowest BCUT2D eigenvalue weighted by Crippen LogP contribution is -2.05. The predicted molar refractivity (Wildman–Crippen MR) is 233 cm³/mol. The van der Waals surface area contributed by atoms with Gasteiger partial charge in [0.15, 0.2) is 0 Å². The van der Waals surface area contributed by atoms with Gasteiger partial charge in [0.2, 0.25) is 0 Å². The van der Waals surface area contributed by atoms with E-state index in [0.29, 0.717) is 0 Å². The number of anilines is 2. The monoisotopic (exact) mass is 778 g/mol. The van der Waals surface area contributed by atoms with Crippen LogP contribution in [0.3, 0.4) is 0 Å². The summed E-state index contributed by atoms with van der Waals surface area (Å²) in [4.78, 5) is 7.90. The number of nitrogens with zero attached hydrogens (tertiary/aromatic N) is 2. The SMILES string of the molecule is Cc1cc2sc(-c3cc4/c(=N/Nc5ccccc5)c5cc6c(cc5c4s3)/c(=N\Nc3ccccc3)c3cc(-c4cc5sc(C)cc5s4)sc36)cc2s1. The van der Waals surface area contributed by atoms with Crippen molar-refractivity contribution in [1.29, 1.82) is 0 Å². The van der Waals surface area contributed by atoms with Crippen LogP contribution in [0.5, 0.6) is 0 Å². The molecule has 0 unspecified atom stereocenters. The van der Waals surface area contributed by atoms with Gasteiger partial charge in [0.25, 0.3) is 0 Å². The Morgan fingerprint density at radius 2 is 0.788 bits per heavy atom. The van der Waals surface area contributed by atoms with E-state index in [1.807, 2.05) is 104 Å². The number of hydrogen-bond acceptors (Lipinski definition) is 10. The van der Waals surface area contributed by atoms with Crippen LogP contribution in [0.15, 0.2) is 119 Å². The van der Waals surface area contributed by atoms with Gasteiger partial charge in [-0.25, -0.2) is 0 Å². The second-order valence-corrected chi connectivity index (χ2v) is 19.8. The molecule has 10 heteroatoms. The van der Waals surface area contributed by atoms with Gasteiger partial charge in [0.05, 0.1) is 22.1 Å². The molecule has 11 rings (SSSR count). The Morgan fingerprint density at radius 1 is 0.385 bits per heavy atom. The highest BCUT2D eigenvalue weighted by molar-refractivity contribution is 7.33. The summed E-state index contributed by atoms with van der Waals surface area (Å²) in [7, 11) is 0. The molecule has 0 radical (unpaired) electrons. The molecule has 0 aliphatic carbocycles. The Balaban J connectivity index is 1.16. The van der Waals surface area contributed by atoms with Crippen LogP contribution in [-0.4, -0.2) is 0 Å². The smallest absolute Gasteiger partial charge is 0.0999 e. The van der Waals surface area contributed by atoms with E-state index >= 15 is 0 Å². The molecule has 2 N–H and O–H groups in total. The summed E-state index contributed by atoms with van der Waals surface area (Å²) in [6.07, 6.45) is 0. The molecule has 4 nitrogen and oxygen atoms in total. The number of hydrogen-bond donors (Lipinski definition) is 2. The lowest BCUT2D eigenvalue weighted by molar-refractivity contribution is 1.25. The highest BCUT2D eigenvalue weighted by Gasteiger charge is 2.21. The zero-order chi connectivity index (χ0) is 34.5. The number of fused-ring (bicyclic) bond motifs is 8. The van der Waals surface area contributed by atoms with Gasteiger partial charge in [-0.2, -0.15) is 10.2 Å². The number of para-hydroxylation sites is 2. The fourth-order valence-corrected chi connectivity index (χ4v) is 14.3. The summed E-state index contributed by atoms with van der Waals surface area (Å²) in [5, 5.41) is 19.3. The first-order chi connectivity index (χ1) is 25.5. The zero-order valence-electron chi connectivity index (χ0n) is 27.7. The van der Waals surface area contributed by atoms with Crippen LogP contribution < -0.4 is 21.6 Å². The molecular weight excluding hydrogens is 753 g/mol. The maximum atomic E-state index is 5.12. The van der Waals surface area contributed by atoms with Gasteiger partial charge in [0, 0.05) is 89.8 Å². The summed E-state index contributed by atoms with van der Waals surface area (Å²) in [6.45, 7) is 4.37. The van der Waals surface area contributed by atoms with Crippen molar-refractivity contribution in [2.45, 2.75) is 13.8 Å². The molecule has 0 saturated carbocycles. The van der Waals surface area contributed by atoms with Gasteiger partial charge < -0.3 is 0 Å². The highest BCUT2D eigenvalue weighted by Crippen LogP contribution is 2.47. The van der Waals surface area contributed by atoms with Crippen molar-refractivity contribution in [3.05, 3.63) is 130 Å². The van der Waals surface area contributed by atoms with E-state index in [-0.39, 0.29) is 0 Å². The predicted octanol–water partition coefficient (Wildman–Crippen LogP) is 13.7. The molecule has 250 valence electrons. The Bertz CT molecular complexity index is 2980.